The van der Waals surface area contributed by atoms with E-state index >= 15 is 0 Å². The number of thiophene rings is 2. The third-order valence-corrected chi connectivity index (χ3v) is 6.37. The topological polar surface area (TPSA) is 78.8 Å². The van der Waals surface area contributed by atoms with Gasteiger partial charge in [0.2, 0.25) is 0 Å². The lowest BCUT2D eigenvalue weighted by molar-refractivity contribution is 0.312. The monoisotopic (exact) mass is 453 g/mol. The van der Waals surface area contributed by atoms with Crippen LogP contribution in [0.1, 0.15) is 24.2 Å². The maximum atomic E-state index is 12.7. The highest BCUT2D eigenvalue weighted by Crippen LogP contribution is 2.34. The first-order chi connectivity index (χ1) is 14.7. The number of nitriles is 1. The summed E-state index contributed by atoms with van der Waals surface area (Å²) < 4.78 is 5.66. The van der Waals surface area contributed by atoms with Crippen LogP contribution in [0.4, 0.5) is 0 Å². The predicted molar refractivity (Wildman–Crippen MR) is 124 cm³/mol. The van der Waals surface area contributed by atoms with Crippen molar-refractivity contribution in [3.8, 4) is 22.3 Å². The maximum absolute atomic E-state index is 12.7. The first-order valence-electron chi connectivity index (χ1n) is 9.18. The number of unbranched alkanes of at least 4 members (excludes halogenated alkanes) is 1. The molecule has 0 saturated heterocycles. The van der Waals surface area contributed by atoms with Gasteiger partial charge in [-0.2, -0.15) is 5.26 Å². The van der Waals surface area contributed by atoms with Gasteiger partial charge in [-0.25, -0.2) is 4.98 Å². The minimum absolute atomic E-state index is 0.208. The van der Waals surface area contributed by atoms with Crippen molar-refractivity contribution in [3.63, 3.8) is 0 Å². The molecule has 0 bridgehead atoms. The van der Waals surface area contributed by atoms with Crippen LogP contribution in [0.5, 0.6) is 5.75 Å². The Balaban J connectivity index is 1.60. The van der Waals surface area contributed by atoms with Crippen LogP contribution in [0, 0.1) is 11.3 Å². The highest BCUT2D eigenvalue weighted by Gasteiger charge is 2.14. The van der Waals surface area contributed by atoms with Crippen molar-refractivity contribution in [2.24, 2.45) is 0 Å². The molecule has 0 fully saturated rings. The van der Waals surface area contributed by atoms with E-state index in [1.165, 1.54) is 11.3 Å². The van der Waals surface area contributed by atoms with Crippen molar-refractivity contribution >= 4 is 55.6 Å². The molecule has 1 N–H and O–H groups in total. The van der Waals surface area contributed by atoms with Gasteiger partial charge in [0, 0.05) is 22.2 Å². The first-order valence-corrected chi connectivity index (χ1v) is 11.3. The van der Waals surface area contributed by atoms with Gasteiger partial charge in [0.05, 0.1) is 23.1 Å². The van der Waals surface area contributed by atoms with Crippen LogP contribution in [0.25, 0.3) is 31.8 Å². The van der Waals surface area contributed by atoms with Gasteiger partial charge in [0.15, 0.2) is 5.82 Å². The summed E-state index contributed by atoms with van der Waals surface area (Å²) in [7, 11) is 0. The van der Waals surface area contributed by atoms with E-state index in [2.05, 4.69) is 16.0 Å². The number of benzene rings is 1. The molecule has 0 atom stereocenters. The Morgan fingerprint density at radius 2 is 2.20 bits per heavy atom. The molecular formula is C22H16ClN3O2S2. The number of nitrogens with one attached hydrogen (secondary N) is 1. The quantitative estimate of drug-likeness (QED) is 0.341. The van der Waals surface area contributed by atoms with Gasteiger partial charge in [-0.15, -0.1) is 22.7 Å². The molecular weight excluding hydrogens is 438 g/mol. The second kappa shape index (κ2) is 9.26. The van der Waals surface area contributed by atoms with Crippen LogP contribution in [0.2, 0.25) is 0 Å². The van der Waals surface area contributed by atoms with E-state index in [0.717, 1.165) is 16.0 Å². The average molecular weight is 454 g/mol. The van der Waals surface area contributed by atoms with Crippen LogP contribution in [-0.4, -0.2) is 16.6 Å². The molecule has 0 aliphatic heterocycles. The summed E-state index contributed by atoms with van der Waals surface area (Å²) in [5.74, 6) is 1.02. The molecule has 30 heavy (non-hydrogen) atoms. The molecule has 1 aromatic carbocycles. The molecule has 0 unspecified atom stereocenters. The number of fused-ring (bicyclic) bond motifs is 1. The highest BCUT2D eigenvalue weighted by molar-refractivity contribution is 7.18. The lowest BCUT2D eigenvalue weighted by Crippen LogP contribution is -2.10. The van der Waals surface area contributed by atoms with Crippen molar-refractivity contribution in [2.45, 2.75) is 12.8 Å². The molecule has 3 aromatic heterocycles. The average Bonchev–Trinajstić information content (AvgIpc) is 3.41. The molecule has 0 amide bonds. The molecule has 4 aromatic rings. The standard InChI is InChI=1S/C22H16ClN3O2S2/c23-17(12-14-5-3-6-15(11-14)28-9-2-1-8-24)20-25-21(27)19-16(13-30-22(19)26-20)18-7-4-10-29-18/h3-7,10-13H,1-2,9H2,(H,25,26,27)/b17-12+. The fraction of sp³-hybridized carbons (Fsp3) is 0.136. The van der Waals surface area contributed by atoms with Crippen LogP contribution in [0.3, 0.4) is 0 Å². The molecule has 0 aliphatic carbocycles. The van der Waals surface area contributed by atoms with Crippen molar-refractivity contribution in [1.82, 2.24) is 9.97 Å². The van der Waals surface area contributed by atoms with E-state index in [1.54, 1.807) is 17.4 Å². The zero-order chi connectivity index (χ0) is 20.9. The summed E-state index contributed by atoms with van der Waals surface area (Å²) in [6.07, 6.45) is 2.88. The Kier molecular flexibility index (Phi) is 6.29. The van der Waals surface area contributed by atoms with Crippen molar-refractivity contribution in [3.05, 3.63) is 68.9 Å². The van der Waals surface area contributed by atoms with Gasteiger partial charge in [-0.05, 0) is 41.6 Å². The van der Waals surface area contributed by atoms with Gasteiger partial charge in [0.25, 0.3) is 5.56 Å². The maximum Gasteiger partial charge on any atom is 0.260 e. The van der Waals surface area contributed by atoms with Crippen LogP contribution in [-0.2, 0) is 0 Å². The summed E-state index contributed by atoms with van der Waals surface area (Å²) in [5.41, 5.74) is 1.51. The SMILES string of the molecule is N#CCCCOc1cccc(/C=C(/Cl)c2nc3scc(-c4cccs4)c3c(=O)[nH]2)c1. The molecule has 4 rings (SSSR count). The van der Waals surface area contributed by atoms with E-state index < -0.39 is 0 Å². The Labute approximate surface area is 185 Å². The summed E-state index contributed by atoms with van der Waals surface area (Å²) >= 11 is 9.49. The lowest BCUT2D eigenvalue weighted by atomic mass is 10.2. The zero-order valence-electron chi connectivity index (χ0n) is 15.7. The molecule has 5 nitrogen and oxygen atoms in total. The number of aromatic amines is 1. The number of rotatable bonds is 7. The van der Waals surface area contributed by atoms with Crippen molar-refractivity contribution in [2.75, 3.05) is 6.61 Å². The fourth-order valence-electron chi connectivity index (χ4n) is 2.93. The minimum Gasteiger partial charge on any atom is -0.494 e. The van der Waals surface area contributed by atoms with Gasteiger partial charge in [0.1, 0.15) is 10.6 Å². The van der Waals surface area contributed by atoms with Gasteiger partial charge >= 0.3 is 0 Å². The number of nitrogens with zero attached hydrogens (tertiary/aromatic N) is 2. The van der Waals surface area contributed by atoms with Gasteiger partial charge in [-0.3, -0.25) is 4.79 Å². The second-order valence-corrected chi connectivity index (χ2v) is 8.61. The summed E-state index contributed by atoms with van der Waals surface area (Å²) in [6, 6.07) is 13.5. The Hall–Kier alpha value is -2.92. The number of hydrogen-bond acceptors (Lipinski definition) is 6. The Morgan fingerprint density at radius 3 is 3.00 bits per heavy atom. The van der Waals surface area contributed by atoms with E-state index in [1.807, 2.05) is 47.2 Å². The molecule has 8 heteroatoms. The lowest BCUT2D eigenvalue weighted by Gasteiger charge is -2.06. The molecule has 0 spiro atoms. The molecule has 150 valence electrons. The van der Waals surface area contributed by atoms with Gasteiger partial charge in [-0.1, -0.05) is 29.8 Å². The number of halogens is 1. The third kappa shape index (κ3) is 4.46. The van der Waals surface area contributed by atoms with E-state index in [-0.39, 0.29) is 5.56 Å². The minimum atomic E-state index is -0.208. The predicted octanol–water partition coefficient (Wildman–Crippen LogP) is 6.13. The van der Waals surface area contributed by atoms with Crippen LogP contribution < -0.4 is 10.3 Å². The fourth-order valence-corrected chi connectivity index (χ4v) is 4.90. The van der Waals surface area contributed by atoms with Crippen LogP contribution >= 0.6 is 34.3 Å². The first kappa shape index (κ1) is 20.4. The summed E-state index contributed by atoms with van der Waals surface area (Å²) in [4.78, 5) is 21.8. The van der Waals surface area contributed by atoms with E-state index in [4.69, 9.17) is 21.6 Å². The van der Waals surface area contributed by atoms with Crippen molar-refractivity contribution < 1.29 is 4.74 Å². The van der Waals surface area contributed by atoms with E-state index in [9.17, 15) is 4.79 Å². The molecule has 0 radical (unpaired) electrons. The number of H-pyrrole nitrogens is 1. The largest absolute Gasteiger partial charge is 0.494 e. The molecule has 3 heterocycles. The Morgan fingerprint density at radius 1 is 1.30 bits per heavy atom. The van der Waals surface area contributed by atoms with Crippen molar-refractivity contribution in [1.29, 1.82) is 5.26 Å². The summed E-state index contributed by atoms with van der Waals surface area (Å²) in [5, 5.41) is 13.4. The zero-order valence-corrected chi connectivity index (χ0v) is 18.1. The normalized spacial score (nSPS) is 11.5. The number of hydrogen-bond donors (Lipinski definition) is 1. The molecule has 0 aliphatic rings. The highest BCUT2D eigenvalue weighted by atomic mass is 35.5. The number of aromatic nitrogens is 2. The summed E-state index contributed by atoms with van der Waals surface area (Å²) in [6.45, 7) is 0.477. The smallest absolute Gasteiger partial charge is 0.260 e. The molecule has 0 saturated carbocycles. The second-order valence-electron chi connectivity index (χ2n) is 6.40. The van der Waals surface area contributed by atoms with E-state index in [0.29, 0.717) is 46.3 Å². The van der Waals surface area contributed by atoms with Gasteiger partial charge < -0.3 is 9.72 Å². The van der Waals surface area contributed by atoms with Crippen LogP contribution in [0.15, 0.2) is 52.0 Å². The number of ether oxygens (including phenoxy) is 1. The third-order valence-electron chi connectivity index (χ3n) is 4.31. The Bertz CT molecular complexity index is 1300.